The van der Waals surface area contributed by atoms with Gasteiger partial charge in [-0.15, -0.1) is 0 Å². The molecule has 0 bridgehead atoms. The predicted octanol–water partition coefficient (Wildman–Crippen LogP) is 3.80. The van der Waals surface area contributed by atoms with Crippen LogP contribution in [0.1, 0.15) is 50.5 Å². The number of rotatable bonds is 11. The Morgan fingerprint density at radius 3 is 2.70 bits per heavy atom. The molecule has 0 heterocycles. The van der Waals surface area contributed by atoms with Crippen LogP contribution in [-0.2, 0) is 16.0 Å². The fourth-order valence-electron chi connectivity index (χ4n) is 3.15. The Balaban J connectivity index is 1.83. The van der Waals surface area contributed by atoms with Gasteiger partial charge in [0.1, 0.15) is 0 Å². The van der Waals surface area contributed by atoms with Crippen molar-refractivity contribution in [3.63, 3.8) is 0 Å². The fraction of sp³-hybridized carbons (Fsp3) is 0.391. The summed E-state index contributed by atoms with van der Waals surface area (Å²) in [4.78, 5) is 22.8. The molecular formula is C23H29NO3. The van der Waals surface area contributed by atoms with Crippen molar-refractivity contribution >= 4 is 11.7 Å². The molecule has 0 radical (unpaired) electrons. The van der Waals surface area contributed by atoms with Crippen LogP contribution in [0.4, 0.5) is 0 Å². The lowest BCUT2D eigenvalue weighted by atomic mass is 10.0. The smallest absolute Gasteiger partial charge is 0.217 e. The van der Waals surface area contributed by atoms with Gasteiger partial charge in [0.25, 0.3) is 0 Å². The number of allylic oxidation sites excluding steroid dienone is 5. The van der Waals surface area contributed by atoms with Gasteiger partial charge >= 0.3 is 0 Å². The van der Waals surface area contributed by atoms with E-state index >= 15 is 0 Å². The summed E-state index contributed by atoms with van der Waals surface area (Å²) in [6.45, 7) is 0. The number of carbonyl (C=O) groups is 2. The minimum Gasteiger partial charge on any atom is -0.389 e. The SMILES string of the molecule is NC(=O)CCCC=CCC1=C(/C=C/[C@@H](O)CCc2ccccc2)CCC1=O. The van der Waals surface area contributed by atoms with Gasteiger partial charge in [0.2, 0.25) is 5.91 Å². The van der Waals surface area contributed by atoms with Crippen LogP contribution in [0.5, 0.6) is 0 Å². The van der Waals surface area contributed by atoms with Gasteiger partial charge in [0.15, 0.2) is 5.78 Å². The van der Waals surface area contributed by atoms with E-state index in [1.165, 1.54) is 5.56 Å². The van der Waals surface area contributed by atoms with Crippen LogP contribution in [-0.4, -0.2) is 22.9 Å². The van der Waals surface area contributed by atoms with Crippen LogP contribution in [0.25, 0.3) is 0 Å². The normalized spacial score (nSPS) is 16.0. The molecule has 0 fully saturated rings. The highest BCUT2D eigenvalue weighted by atomic mass is 16.3. The highest BCUT2D eigenvalue weighted by Gasteiger charge is 2.20. The summed E-state index contributed by atoms with van der Waals surface area (Å²) in [6, 6.07) is 10.1. The molecule has 1 atom stereocenters. The van der Waals surface area contributed by atoms with E-state index in [2.05, 4.69) is 12.1 Å². The third kappa shape index (κ3) is 7.75. The fourth-order valence-corrected chi connectivity index (χ4v) is 3.15. The van der Waals surface area contributed by atoms with E-state index < -0.39 is 6.10 Å². The second-order valence-corrected chi connectivity index (χ2v) is 6.91. The first-order chi connectivity index (χ1) is 13.1. The van der Waals surface area contributed by atoms with Crippen LogP contribution in [0.15, 0.2) is 65.8 Å². The highest BCUT2D eigenvalue weighted by Crippen LogP contribution is 2.27. The quantitative estimate of drug-likeness (QED) is 0.461. The number of aliphatic hydroxyl groups is 1. The molecule has 3 N–H and O–H groups in total. The summed E-state index contributed by atoms with van der Waals surface area (Å²) in [5.74, 6) is -0.0921. The summed E-state index contributed by atoms with van der Waals surface area (Å²) < 4.78 is 0. The van der Waals surface area contributed by atoms with Gasteiger partial charge in [0.05, 0.1) is 6.10 Å². The van der Waals surface area contributed by atoms with Gasteiger partial charge in [0, 0.05) is 18.4 Å². The third-order valence-electron chi connectivity index (χ3n) is 4.72. The number of benzene rings is 1. The van der Waals surface area contributed by atoms with Gasteiger partial charge < -0.3 is 10.8 Å². The Bertz CT molecular complexity index is 716. The molecule has 2 rings (SSSR count). The summed E-state index contributed by atoms with van der Waals surface area (Å²) in [5.41, 5.74) is 8.19. The maximum absolute atomic E-state index is 12.1. The first-order valence-corrected chi connectivity index (χ1v) is 9.65. The number of hydrogen-bond donors (Lipinski definition) is 2. The molecule has 0 aliphatic heterocycles. The van der Waals surface area contributed by atoms with Gasteiger partial charge in [-0.1, -0.05) is 54.6 Å². The van der Waals surface area contributed by atoms with E-state index in [-0.39, 0.29) is 11.7 Å². The van der Waals surface area contributed by atoms with Crippen LogP contribution in [0.2, 0.25) is 0 Å². The topological polar surface area (TPSA) is 80.4 Å². The molecule has 27 heavy (non-hydrogen) atoms. The van der Waals surface area contributed by atoms with Crippen molar-refractivity contribution in [1.82, 2.24) is 0 Å². The van der Waals surface area contributed by atoms with Crippen LogP contribution >= 0.6 is 0 Å². The molecular weight excluding hydrogens is 338 g/mol. The molecule has 4 heteroatoms. The standard InChI is InChI=1S/C23H29NO3/c24-23(27)11-7-2-1-6-10-21-19(14-17-22(21)26)13-16-20(25)15-12-18-8-4-3-5-9-18/h1,3-6,8-9,13,16,20,25H,2,7,10-12,14-15,17H2,(H2,24,27)/b6-1?,16-13+/t20-/m0/s1. The van der Waals surface area contributed by atoms with E-state index in [1.807, 2.05) is 36.4 Å². The number of aliphatic hydroxyl groups excluding tert-OH is 1. The molecule has 1 aromatic carbocycles. The van der Waals surface area contributed by atoms with E-state index in [0.717, 1.165) is 36.8 Å². The van der Waals surface area contributed by atoms with E-state index in [1.54, 1.807) is 6.08 Å². The highest BCUT2D eigenvalue weighted by molar-refractivity contribution is 5.99. The summed E-state index contributed by atoms with van der Waals surface area (Å²) in [6.07, 6.45) is 12.5. The summed E-state index contributed by atoms with van der Waals surface area (Å²) >= 11 is 0. The Morgan fingerprint density at radius 2 is 1.96 bits per heavy atom. The monoisotopic (exact) mass is 367 g/mol. The second-order valence-electron chi connectivity index (χ2n) is 6.91. The zero-order valence-electron chi connectivity index (χ0n) is 15.8. The number of Topliss-reactive ketones (excluding diaryl/α,β-unsaturated/α-hetero) is 1. The minimum atomic E-state index is -0.515. The molecule has 1 aromatic rings. The first kappa shape index (κ1) is 20.8. The van der Waals surface area contributed by atoms with Crippen LogP contribution in [0, 0.1) is 0 Å². The lowest BCUT2D eigenvalue weighted by molar-refractivity contribution is -0.118. The number of primary amides is 1. The maximum Gasteiger partial charge on any atom is 0.217 e. The average molecular weight is 367 g/mol. The molecule has 0 aromatic heterocycles. The molecule has 1 aliphatic rings. The van der Waals surface area contributed by atoms with Gasteiger partial charge in [-0.25, -0.2) is 0 Å². The zero-order chi connectivity index (χ0) is 19.5. The number of aryl methyl sites for hydroxylation is 1. The van der Waals surface area contributed by atoms with Crippen molar-refractivity contribution in [3.8, 4) is 0 Å². The second kappa shape index (κ2) is 11.3. The van der Waals surface area contributed by atoms with Gasteiger partial charge in [-0.05, 0) is 49.7 Å². The third-order valence-corrected chi connectivity index (χ3v) is 4.72. The molecule has 0 saturated heterocycles. The minimum absolute atomic E-state index is 0.190. The van der Waals surface area contributed by atoms with Crippen molar-refractivity contribution in [1.29, 1.82) is 0 Å². The van der Waals surface area contributed by atoms with Crippen molar-refractivity contribution in [2.24, 2.45) is 5.73 Å². The average Bonchev–Trinajstić information content (AvgIpc) is 3.01. The number of ketones is 1. The zero-order valence-corrected chi connectivity index (χ0v) is 15.8. The van der Waals surface area contributed by atoms with Crippen molar-refractivity contribution < 1.29 is 14.7 Å². The summed E-state index contributed by atoms with van der Waals surface area (Å²) in [5, 5.41) is 10.2. The number of hydrogen-bond acceptors (Lipinski definition) is 3. The van der Waals surface area contributed by atoms with Crippen molar-refractivity contribution in [2.45, 2.75) is 57.5 Å². The Morgan fingerprint density at radius 1 is 1.19 bits per heavy atom. The first-order valence-electron chi connectivity index (χ1n) is 9.65. The van der Waals surface area contributed by atoms with E-state index in [0.29, 0.717) is 25.7 Å². The number of amides is 1. The lowest BCUT2D eigenvalue weighted by Crippen LogP contribution is -2.09. The largest absolute Gasteiger partial charge is 0.389 e. The van der Waals surface area contributed by atoms with Crippen molar-refractivity contribution in [3.05, 3.63) is 71.3 Å². The van der Waals surface area contributed by atoms with Crippen molar-refractivity contribution in [2.75, 3.05) is 0 Å². The number of carbonyl (C=O) groups excluding carboxylic acids is 2. The van der Waals surface area contributed by atoms with E-state index in [9.17, 15) is 14.7 Å². The molecule has 144 valence electrons. The molecule has 4 nitrogen and oxygen atoms in total. The summed E-state index contributed by atoms with van der Waals surface area (Å²) in [7, 11) is 0. The molecule has 0 saturated carbocycles. The predicted molar refractivity (Wildman–Crippen MR) is 108 cm³/mol. The Labute approximate surface area is 161 Å². The lowest BCUT2D eigenvalue weighted by Gasteiger charge is -2.06. The number of unbranched alkanes of at least 4 members (excludes halogenated alkanes) is 1. The maximum atomic E-state index is 12.1. The molecule has 0 spiro atoms. The molecule has 1 aliphatic carbocycles. The molecule has 1 amide bonds. The van der Waals surface area contributed by atoms with Gasteiger partial charge in [-0.3, -0.25) is 9.59 Å². The Kier molecular flexibility index (Phi) is 8.72. The molecule has 0 unspecified atom stereocenters. The van der Waals surface area contributed by atoms with Gasteiger partial charge in [-0.2, -0.15) is 0 Å². The number of nitrogens with two attached hydrogens (primary N) is 1. The Hall–Kier alpha value is -2.46. The van der Waals surface area contributed by atoms with Crippen LogP contribution < -0.4 is 5.73 Å². The van der Waals surface area contributed by atoms with E-state index in [4.69, 9.17) is 5.73 Å². The van der Waals surface area contributed by atoms with Crippen LogP contribution in [0.3, 0.4) is 0 Å².